The first kappa shape index (κ1) is 18.4. The van der Waals surface area contributed by atoms with Crippen LogP contribution in [-0.4, -0.2) is 39.9 Å². The van der Waals surface area contributed by atoms with Crippen LogP contribution < -0.4 is 24.3 Å². The summed E-state index contributed by atoms with van der Waals surface area (Å²) in [5, 5.41) is 2.80. The molecule has 0 saturated heterocycles. The molecule has 2 aromatic rings. The maximum absolute atomic E-state index is 12.3. The molecule has 0 unspecified atom stereocenters. The monoisotopic (exact) mass is 345 g/mol. The van der Waals surface area contributed by atoms with Crippen LogP contribution in [0.5, 0.6) is 23.0 Å². The maximum Gasteiger partial charge on any atom is 0.255 e. The Morgan fingerprint density at radius 3 is 2.24 bits per heavy atom. The van der Waals surface area contributed by atoms with Crippen LogP contribution in [0.2, 0.25) is 0 Å². The fourth-order valence-corrected chi connectivity index (χ4v) is 2.29. The highest BCUT2D eigenvalue weighted by molar-refractivity contribution is 5.97. The molecule has 0 spiro atoms. The molecule has 0 saturated carbocycles. The second kappa shape index (κ2) is 9.42. The van der Waals surface area contributed by atoms with Crippen LogP contribution in [0.4, 0.5) is 0 Å². The number of benzene rings is 2. The summed E-state index contributed by atoms with van der Waals surface area (Å²) in [6.45, 7) is 3.28. The zero-order valence-electron chi connectivity index (χ0n) is 14.7. The van der Waals surface area contributed by atoms with Crippen molar-refractivity contribution in [1.82, 2.24) is 5.32 Å². The lowest BCUT2D eigenvalue weighted by atomic mass is 10.1. The number of carbonyl (C=O) groups excluding carboxylic acids is 1. The molecule has 2 aromatic carbocycles. The van der Waals surface area contributed by atoms with Crippen LogP contribution in [0, 0.1) is 0 Å². The van der Waals surface area contributed by atoms with Gasteiger partial charge >= 0.3 is 0 Å². The van der Waals surface area contributed by atoms with Gasteiger partial charge in [0.15, 0.2) is 11.5 Å². The van der Waals surface area contributed by atoms with Crippen LogP contribution in [0.15, 0.2) is 42.5 Å². The van der Waals surface area contributed by atoms with E-state index in [1.54, 1.807) is 18.2 Å². The quantitative estimate of drug-likeness (QED) is 0.708. The van der Waals surface area contributed by atoms with Gasteiger partial charge in [0.1, 0.15) is 18.1 Å². The predicted molar refractivity (Wildman–Crippen MR) is 95.0 cm³/mol. The van der Waals surface area contributed by atoms with Crippen LogP contribution in [-0.2, 0) is 0 Å². The van der Waals surface area contributed by atoms with Gasteiger partial charge in [-0.15, -0.1) is 0 Å². The summed E-state index contributed by atoms with van der Waals surface area (Å²) in [7, 11) is 3.04. The van der Waals surface area contributed by atoms with E-state index in [9.17, 15) is 4.79 Å². The molecule has 0 bridgehead atoms. The van der Waals surface area contributed by atoms with Crippen LogP contribution in [0.1, 0.15) is 17.3 Å². The number of amides is 1. The number of carbonyl (C=O) groups is 1. The molecule has 0 aliphatic heterocycles. The summed E-state index contributed by atoms with van der Waals surface area (Å²) >= 11 is 0. The van der Waals surface area contributed by atoms with Gasteiger partial charge < -0.3 is 24.3 Å². The number of hydrogen-bond acceptors (Lipinski definition) is 5. The summed E-state index contributed by atoms with van der Waals surface area (Å²) in [6.07, 6.45) is 0. The van der Waals surface area contributed by atoms with Crippen molar-refractivity contribution in [2.45, 2.75) is 6.92 Å². The largest absolute Gasteiger partial charge is 0.494 e. The van der Waals surface area contributed by atoms with E-state index in [0.29, 0.717) is 36.8 Å². The highest BCUT2D eigenvalue weighted by Crippen LogP contribution is 2.30. The smallest absolute Gasteiger partial charge is 0.255 e. The third-order valence-electron chi connectivity index (χ3n) is 3.44. The molecule has 0 fully saturated rings. The summed E-state index contributed by atoms with van der Waals surface area (Å²) in [5.74, 6) is 2.20. The van der Waals surface area contributed by atoms with Crippen molar-refractivity contribution in [2.24, 2.45) is 0 Å². The van der Waals surface area contributed by atoms with Crippen molar-refractivity contribution in [1.29, 1.82) is 0 Å². The highest BCUT2D eigenvalue weighted by atomic mass is 16.5. The first-order valence-corrected chi connectivity index (χ1v) is 8.04. The van der Waals surface area contributed by atoms with Crippen LogP contribution in [0.25, 0.3) is 0 Å². The van der Waals surface area contributed by atoms with E-state index in [-0.39, 0.29) is 5.91 Å². The molecule has 6 heteroatoms. The zero-order chi connectivity index (χ0) is 18.1. The summed E-state index contributed by atoms with van der Waals surface area (Å²) < 4.78 is 21.4. The number of ether oxygens (including phenoxy) is 4. The minimum Gasteiger partial charge on any atom is -0.494 e. The third kappa shape index (κ3) is 5.04. The maximum atomic E-state index is 12.3. The molecule has 0 aliphatic carbocycles. The normalized spacial score (nSPS) is 10.0. The second-order valence-electron chi connectivity index (χ2n) is 5.05. The molecule has 0 aromatic heterocycles. The first-order chi connectivity index (χ1) is 12.2. The van der Waals surface area contributed by atoms with E-state index >= 15 is 0 Å². The number of para-hydroxylation sites is 1. The molecular formula is C19H23NO5. The predicted octanol–water partition coefficient (Wildman–Crippen LogP) is 2.91. The molecule has 0 atom stereocenters. The molecule has 25 heavy (non-hydrogen) atoms. The van der Waals surface area contributed by atoms with E-state index in [1.165, 1.54) is 14.2 Å². The van der Waals surface area contributed by atoms with Crippen molar-refractivity contribution >= 4 is 5.91 Å². The fraction of sp³-hybridized carbons (Fsp3) is 0.316. The molecule has 0 heterocycles. The number of nitrogens with one attached hydrogen (secondary N) is 1. The topological polar surface area (TPSA) is 66.0 Å². The Balaban J connectivity index is 1.84. The summed E-state index contributed by atoms with van der Waals surface area (Å²) in [6, 6.07) is 12.5. The van der Waals surface area contributed by atoms with Crippen molar-refractivity contribution in [3.63, 3.8) is 0 Å². The van der Waals surface area contributed by atoms with Gasteiger partial charge in [-0.3, -0.25) is 4.79 Å². The molecule has 6 nitrogen and oxygen atoms in total. The van der Waals surface area contributed by atoms with E-state index in [2.05, 4.69) is 5.32 Å². The van der Waals surface area contributed by atoms with Gasteiger partial charge in [-0.2, -0.15) is 0 Å². The molecule has 1 amide bonds. The van der Waals surface area contributed by atoms with E-state index in [4.69, 9.17) is 18.9 Å². The number of hydrogen-bond donors (Lipinski definition) is 1. The molecule has 1 N–H and O–H groups in total. The average molecular weight is 345 g/mol. The Hall–Kier alpha value is -2.89. The van der Waals surface area contributed by atoms with E-state index in [0.717, 1.165) is 11.5 Å². The van der Waals surface area contributed by atoms with Crippen molar-refractivity contribution in [3.05, 3.63) is 48.0 Å². The molecule has 134 valence electrons. The Bertz CT molecular complexity index is 685. The first-order valence-electron chi connectivity index (χ1n) is 8.04. The standard InChI is InChI=1S/C19H23NO5/c1-4-24-14-8-10-15(11-9-14)25-13-12-20-19(21)16-6-5-7-17(22-2)18(16)23-3/h5-11H,4,12-13H2,1-3H3,(H,20,21). The van der Waals surface area contributed by atoms with Crippen LogP contribution in [0.3, 0.4) is 0 Å². The molecular weight excluding hydrogens is 322 g/mol. The van der Waals surface area contributed by atoms with E-state index < -0.39 is 0 Å². The zero-order valence-corrected chi connectivity index (χ0v) is 14.7. The van der Waals surface area contributed by atoms with Gasteiger partial charge in [-0.05, 0) is 43.3 Å². The van der Waals surface area contributed by atoms with Gasteiger partial charge in [-0.1, -0.05) is 6.07 Å². The minimum absolute atomic E-state index is 0.244. The number of rotatable bonds is 9. The van der Waals surface area contributed by atoms with E-state index in [1.807, 2.05) is 31.2 Å². The average Bonchev–Trinajstić information content (AvgIpc) is 2.65. The number of methoxy groups -OCH3 is 2. The molecule has 0 radical (unpaired) electrons. The summed E-state index contributed by atoms with van der Waals surface area (Å²) in [5.41, 5.74) is 0.419. The Labute approximate surface area is 147 Å². The summed E-state index contributed by atoms with van der Waals surface area (Å²) in [4.78, 5) is 12.3. The van der Waals surface area contributed by atoms with Gasteiger partial charge in [0.25, 0.3) is 5.91 Å². The Morgan fingerprint density at radius 2 is 1.64 bits per heavy atom. The lowest BCUT2D eigenvalue weighted by Crippen LogP contribution is -2.28. The lowest BCUT2D eigenvalue weighted by Gasteiger charge is -2.13. The third-order valence-corrected chi connectivity index (χ3v) is 3.44. The second-order valence-corrected chi connectivity index (χ2v) is 5.05. The van der Waals surface area contributed by atoms with Gasteiger partial charge in [0.2, 0.25) is 0 Å². The SMILES string of the molecule is CCOc1ccc(OCCNC(=O)c2cccc(OC)c2OC)cc1. The lowest BCUT2D eigenvalue weighted by molar-refractivity contribution is 0.0943. The van der Waals surface area contributed by atoms with Crippen molar-refractivity contribution < 1.29 is 23.7 Å². The minimum atomic E-state index is -0.244. The highest BCUT2D eigenvalue weighted by Gasteiger charge is 2.15. The van der Waals surface area contributed by atoms with Gasteiger partial charge in [0.05, 0.1) is 32.9 Å². The molecule has 0 aliphatic rings. The van der Waals surface area contributed by atoms with Crippen molar-refractivity contribution in [3.8, 4) is 23.0 Å². The fourth-order valence-electron chi connectivity index (χ4n) is 2.29. The van der Waals surface area contributed by atoms with Gasteiger partial charge in [0, 0.05) is 0 Å². The molecule has 2 rings (SSSR count). The van der Waals surface area contributed by atoms with Crippen LogP contribution >= 0.6 is 0 Å². The van der Waals surface area contributed by atoms with Crippen molar-refractivity contribution in [2.75, 3.05) is 34.0 Å². The Morgan fingerprint density at radius 1 is 0.960 bits per heavy atom. The van der Waals surface area contributed by atoms with Gasteiger partial charge in [-0.25, -0.2) is 0 Å². The Kier molecular flexibility index (Phi) is 6.95.